The van der Waals surface area contributed by atoms with Crippen molar-refractivity contribution in [3.8, 4) is 0 Å². The first-order valence-electron chi connectivity index (χ1n) is 10.9. The number of rotatable bonds is 7. The molecule has 29 heavy (non-hydrogen) atoms. The first-order chi connectivity index (χ1) is 14.2. The van der Waals surface area contributed by atoms with Crippen molar-refractivity contribution in [1.29, 1.82) is 0 Å². The summed E-state index contributed by atoms with van der Waals surface area (Å²) < 4.78 is 5.91. The molecule has 1 amide bonds. The molecule has 2 bridgehead atoms. The quantitative estimate of drug-likeness (QED) is 0.743. The van der Waals surface area contributed by atoms with Crippen LogP contribution in [0.1, 0.15) is 48.8 Å². The Bertz CT molecular complexity index is 793. The highest BCUT2D eigenvalue weighted by molar-refractivity contribution is 5.78. The van der Waals surface area contributed by atoms with Crippen LogP contribution in [0.25, 0.3) is 0 Å². The van der Waals surface area contributed by atoms with E-state index in [1.165, 1.54) is 24.8 Å². The average molecular weight is 393 g/mol. The van der Waals surface area contributed by atoms with Gasteiger partial charge in [-0.25, -0.2) is 0 Å². The molecule has 2 unspecified atom stereocenters. The maximum Gasteiger partial charge on any atom is 0.223 e. The van der Waals surface area contributed by atoms with Crippen molar-refractivity contribution in [3.63, 3.8) is 0 Å². The lowest BCUT2D eigenvalue weighted by Gasteiger charge is -2.43. The predicted octanol–water partition coefficient (Wildman–Crippen LogP) is 4.17. The van der Waals surface area contributed by atoms with Gasteiger partial charge >= 0.3 is 0 Å². The molecule has 154 valence electrons. The van der Waals surface area contributed by atoms with Gasteiger partial charge in [0.2, 0.25) is 5.91 Å². The summed E-state index contributed by atoms with van der Waals surface area (Å²) in [5.41, 5.74) is 9.80. The molecule has 2 aliphatic rings. The Morgan fingerprint density at radius 3 is 2.31 bits per heavy atom. The molecular formula is C25H32N2O2. The summed E-state index contributed by atoms with van der Waals surface area (Å²) in [4.78, 5) is 12.8. The van der Waals surface area contributed by atoms with Crippen LogP contribution in [-0.2, 0) is 29.3 Å². The van der Waals surface area contributed by atoms with Crippen molar-refractivity contribution >= 4 is 5.91 Å². The van der Waals surface area contributed by atoms with Crippen LogP contribution in [0.3, 0.4) is 0 Å². The smallest absolute Gasteiger partial charge is 0.223 e. The predicted molar refractivity (Wildman–Crippen MR) is 115 cm³/mol. The van der Waals surface area contributed by atoms with Gasteiger partial charge in [-0.1, -0.05) is 61.0 Å². The highest BCUT2D eigenvalue weighted by Crippen LogP contribution is 2.41. The Morgan fingerprint density at radius 1 is 0.931 bits per heavy atom. The van der Waals surface area contributed by atoms with E-state index in [-0.39, 0.29) is 11.8 Å². The molecule has 0 aromatic heterocycles. The van der Waals surface area contributed by atoms with Gasteiger partial charge in [-0.2, -0.15) is 0 Å². The molecule has 2 aromatic rings. The lowest BCUT2D eigenvalue weighted by Crippen LogP contribution is -2.49. The van der Waals surface area contributed by atoms with Crippen molar-refractivity contribution in [2.45, 2.75) is 57.9 Å². The van der Waals surface area contributed by atoms with Crippen LogP contribution in [0.4, 0.5) is 0 Å². The second-order valence-electron chi connectivity index (χ2n) is 8.66. The molecule has 2 fully saturated rings. The van der Waals surface area contributed by atoms with E-state index >= 15 is 0 Å². The van der Waals surface area contributed by atoms with Crippen LogP contribution in [0.2, 0.25) is 0 Å². The molecule has 2 atom stereocenters. The third kappa shape index (κ3) is 5.06. The van der Waals surface area contributed by atoms with Crippen molar-refractivity contribution in [1.82, 2.24) is 5.32 Å². The van der Waals surface area contributed by atoms with Gasteiger partial charge in [-0.15, -0.1) is 0 Å². The Labute approximate surface area is 173 Å². The summed E-state index contributed by atoms with van der Waals surface area (Å²) in [6, 6.07) is 18.7. The average Bonchev–Trinajstić information content (AvgIpc) is 2.73. The van der Waals surface area contributed by atoms with Gasteiger partial charge < -0.3 is 15.8 Å². The second-order valence-corrected chi connectivity index (χ2v) is 8.66. The Hall–Kier alpha value is -2.17. The van der Waals surface area contributed by atoms with E-state index in [0.717, 1.165) is 24.0 Å². The van der Waals surface area contributed by atoms with Crippen molar-refractivity contribution in [3.05, 3.63) is 71.3 Å². The molecule has 0 saturated heterocycles. The molecule has 0 spiro atoms. The maximum atomic E-state index is 12.8. The maximum absolute atomic E-state index is 12.8. The summed E-state index contributed by atoms with van der Waals surface area (Å²) in [7, 11) is 0. The van der Waals surface area contributed by atoms with Crippen molar-refractivity contribution in [2.24, 2.45) is 23.5 Å². The number of carbonyl (C=O) groups excluding carboxylic acids is 1. The monoisotopic (exact) mass is 392 g/mol. The number of nitrogens with one attached hydrogen (secondary N) is 1. The minimum Gasteiger partial charge on any atom is -0.372 e. The zero-order valence-corrected chi connectivity index (χ0v) is 17.1. The highest BCUT2D eigenvalue weighted by Gasteiger charge is 2.40. The summed E-state index contributed by atoms with van der Waals surface area (Å²) >= 11 is 0. The third-order valence-electron chi connectivity index (χ3n) is 6.72. The van der Waals surface area contributed by atoms with Gasteiger partial charge in [0.25, 0.3) is 0 Å². The van der Waals surface area contributed by atoms with Gasteiger partial charge in [0, 0.05) is 18.5 Å². The number of carbonyl (C=O) groups is 1. The van der Waals surface area contributed by atoms with E-state index in [9.17, 15) is 4.79 Å². The van der Waals surface area contributed by atoms with Crippen LogP contribution in [-0.4, -0.2) is 11.9 Å². The SMILES string of the molecule is NC1C2CCCC1CC(C(=O)NCc1ccccc1COCc1ccccc1)C2. The lowest BCUT2D eigenvalue weighted by atomic mass is 9.65. The fourth-order valence-corrected chi connectivity index (χ4v) is 5.05. The molecule has 0 aliphatic heterocycles. The lowest BCUT2D eigenvalue weighted by molar-refractivity contribution is -0.128. The zero-order chi connectivity index (χ0) is 20.1. The van der Waals surface area contributed by atoms with E-state index in [1.54, 1.807) is 0 Å². The van der Waals surface area contributed by atoms with Crippen LogP contribution in [0, 0.1) is 17.8 Å². The minimum atomic E-state index is 0.117. The normalized spacial score (nSPS) is 26.1. The molecule has 0 heterocycles. The number of hydrogen-bond donors (Lipinski definition) is 2. The molecule has 2 aromatic carbocycles. The topological polar surface area (TPSA) is 64.4 Å². The zero-order valence-electron chi connectivity index (χ0n) is 17.1. The number of benzene rings is 2. The van der Waals surface area contributed by atoms with Crippen molar-refractivity contribution < 1.29 is 9.53 Å². The molecule has 2 saturated carbocycles. The molecule has 4 nitrogen and oxygen atoms in total. The number of hydrogen-bond acceptors (Lipinski definition) is 3. The van der Waals surface area contributed by atoms with Gasteiger partial charge in [0.05, 0.1) is 13.2 Å². The van der Waals surface area contributed by atoms with E-state index in [0.29, 0.717) is 37.6 Å². The van der Waals surface area contributed by atoms with Crippen LogP contribution in [0.15, 0.2) is 54.6 Å². The number of fused-ring (bicyclic) bond motifs is 2. The van der Waals surface area contributed by atoms with Crippen LogP contribution >= 0.6 is 0 Å². The summed E-state index contributed by atoms with van der Waals surface area (Å²) in [6.45, 7) is 1.69. The van der Waals surface area contributed by atoms with Gasteiger partial charge in [-0.05, 0) is 54.2 Å². The molecule has 0 radical (unpaired) electrons. The van der Waals surface area contributed by atoms with E-state index in [2.05, 4.69) is 29.6 Å². The number of nitrogens with two attached hydrogens (primary N) is 1. The van der Waals surface area contributed by atoms with E-state index in [1.807, 2.05) is 30.3 Å². The number of amides is 1. The van der Waals surface area contributed by atoms with Gasteiger partial charge in [0.15, 0.2) is 0 Å². The largest absolute Gasteiger partial charge is 0.372 e. The summed E-state index contributed by atoms with van der Waals surface area (Å²) in [6.07, 6.45) is 5.54. The highest BCUT2D eigenvalue weighted by atomic mass is 16.5. The minimum absolute atomic E-state index is 0.117. The molecule has 2 aliphatic carbocycles. The first-order valence-corrected chi connectivity index (χ1v) is 10.9. The molecule has 4 heteroatoms. The van der Waals surface area contributed by atoms with Crippen LogP contribution < -0.4 is 11.1 Å². The fourth-order valence-electron chi connectivity index (χ4n) is 5.05. The van der Waals surface area contributed by atoms with Crippen LogP contribution in [0.5, 0.6) is 0 Å². The third-order valence-corrected chi connectivity index (χ3v) is 6.72. The van der Waals surface area contributed by atoms with Crippen molar-refractivity contribution in [2.75, 3.05) is 0 Å². The molecule has 3 N–H and O–H groups in total. The first kappa shape index (κ1) is 20.1. The second kappa shape index (κ2) is 9.55. The fraction of sp³-hybridized carbons (Fsp3) is 0.480. The summed E-state index contributed by atoms with van der Waals surface area (Å²) in [5.74, 6) is 1.36. The Kier molecular flexibility index (Phi) is 6.63. The van der Waals surface area contributed by atoms with Gasteiger partial charge in [-0.3, -0.25) is 4.79 Å². The molecular weight excluding hydrogens is 360 g/mol. The Morgan fingerprint density at radius 2 is 1.59 bits per heavy atom. The van der Waals surface area contributed by atoms with E-state index in [4.69, 9.17) is 10.5 Å². The van der Waals surface area contributed by atoms with E-state index < -0.39 is 0 Å². The molecule has 4 rings (SSSR count). The van der Waals surface area contributed by atoms with Gasteiger partial charge in [0.1, 0.15) is 0 Å². The number of ether oxygens (including phenoxy) is 1. The standard InChI is InChI=1S/C25H32N2O2/c26-24-19-11-6-12-20(24)14-23(13-19)25(28)27-15-21-9-4-5-10-22(21)17-29-16-18-7-2-1-3-8-18/h1-5,7-10,19-20,23-24H,6,11-17,26H2,(H,27,28). The Balaban J connectivity index is 1.30. The summed E-state index contributed by atoms with van der Waals surface area (Å²) in [5, 5.41) is 3.19.